The van der Waals surface area contributed by atoms with Gasteiger partial charge in [0.25, 0.3) is 0 Å². The number of rotatable bonds is 5. The molecule has 13 heteroatoms. The number of hydrogen-bond acceptors (Lipinski definition) is 9. The van der Waals surface area contributed by atoms with Gasteiger partial charge in [0, 0.05) is 63.6 Å². The van der Waals surface area contributed by atoms with Crippen molar-refractivity contribution in [3.05, 3.63) is 68.0 Å². The highest BCUT2D eigenvalue weighted by Crippen LogP contribution is 2.15. The van der Waals surface area contributed by atoms with E-state index in [-0.39, 0.29) is 16.5 Å². The number of aromatic carboxylic acids is 2. The Bertz CT molecular complexity index is 1690. The van der Waals surface area contributed by atoms with Gasteiger partial charge in [-0.1, -0.05) is 0 Å². The lowest BCUT2D eigenvalue weighted by atomic mass is 10.2. The molecule has 1 saturated heterocycles. The molecule has 4 aromatic rings. The molecular weight excluding hydrogens is 506 g/mol. The van der Waals surface area contributed by atoms with Gasteiger partial charge in [0.2, 0.25) is 16.8 Å². The van der Waals surface area contributed by atoms with E-state index < -0.39 is 22.8 Å². The normalized spacial score (nSPS) is 13.3. The minimum Gasteiger partial charge on any atom is -0.477 e. The Labute approximate surface area is 222 Å². The van der Waals surface area contributed by atoms with E-state index in [1.165, 1.54) is 18.6 Å². The number of carboxylic acids is 2. The van der Waals surface area contributed by atoms with Crippen molar-refractivity contribution >= 4 is 40.0 Å². The molecule has 204 valence electrons. The van der Waals surface area contributed by atoms with Crippen LogP contribution in [-0.4, -0.2) is 72.4 Å². The second kappa shape index (κ2) is 11.4. The number of anilines is 1. The van der Waals surface area contributed by atoms with Crippen LogP contribution in [0.2, 0.25) is 0 Å². The molecule has 0 saturated carbocycles. The fourth-order valence-electron chi connectivity index (χ4n) is 4.33. The van der Waals surface area contributed by atoms with Gasteiger partial charge in [-0.2, -0.15) is 4.98 Å². The summed E-state index contributed by atoms with van der Waals surface area (Å²) in [6, 6.07) is 3.33. The summed E-state index contributed by atoms with van der Waals surface area (Å²) >= 11 is 0. The topological polar surface area (TPSA) is 173 Å². The third-order valence-electron chi connectivity index (χ3n) is 6.40. The molecule has 0 amide bonds. The first-order chi connectivity index (χ1) is 18.7. The van der Waals surface area contributed by atoms with E-state index in [1.807, 2.05) is 25.7 Å². The Balaban J connectivity index is 0.000000187. The Kier molecular flexibility index (Phi) is 8.00. The number of hydrogen-bond donors (Lipinski definition) is 3. The second-order valence-corrected chi connectivity index (χ2v) is 8.89. The summed E-state index contributed by atoms with van der Waals surface area (Å²) in [7, 11) is 0. The summed E-state index contributed by atoms with van der Waals surface area (Å²) in [4.78, 5) is 61.3. The number of pyridine rings is 3. The zero-order valence-corrected chi connectivity index (χ0v) is 21.8. The average molecular weight is 536 g/mol. The molecule has 4 aromatic heterocycles. The van der Waals surface area contributed by atoms with Crippen LogP contribution in [0.15, 0.2) is 40.3 Å². The molecule has 39 heavy (non-hydrogen) atoms. The molecular formula is C26H29N7O6. The summed E-state index contributed by atoms with van der Waals surface area (Å²) in [6.07, 6.45) is 4.13. The van der Waals surface area contributed by atoms with Crippen LogP contribution in [0, 0.1) is 6.92 Å². The van der Waals surface area contributed by atoms with Crippen LogP contribution in [0.1, 0.15) is 40.3 Å². The SMILES string of the molecule is CCn1cc(C(=O)O)c(=O)c2ccc(C)nc21.CCn1cc(C(=O)O)c(=O)c2cnc(N3CCNCC3)nc21. The first kappa shape index (κ1) is 27.4. The fourth-order valence-corrected chi connectivity index (χ4v) is 4.33. The standard InChI is InChI=1S/C14H17N5O3.C12H12N2O3/c1-2-18-8-10(13(21)22)11(20)9-7-16-14(17-12(9)18)19-5-3-15-4-6-19;1-3-14-6-9(12(16)17)10(15)8-5-4-7(2)13-11(8)14/h7-8,15H,2-6H2,1H3,(H,21,22);4-6H,3H2,1-2H3,(H,16,17). The van der Waals surface area contributed by atoms with Crippen LogP contribution in [0.4, 0.5) is 5.95 Å². The minimum absolute atomic E-state index is 0.218. The summed E-state index contributed by atoms with van der Waals surface area (Å²) in [6.45, 7) is 9.99. The van der Waals surface area contributed by atoms with Gasteiger partial charge >= 0.3 is 11.9 Å². The molecule has 0 aromatic carbocycles. The van der Waals surface area contributed by atoms with Crippen LogP contribution in [0.25, 0.3) is 22.1 Å². The molecule has 1 fully saturated rings. The van der Waals surface area contributed by atoms with Gasteiger partial charge in [-0.15, -0.1) is 0 Å². The maximum absolute atomic E-state index is 12.2. The van der Waals surface area contributed by atoms with Gasteiger partial charge in [-0.3, -0.25) is 9.59 Å². The first-order valence-electron chi connectivity index (χ1n) is 12.5. The van der Waals surface area contributed by atoms with Crippen LogP contribution < -0.4 is 21.1 Å². The van der Waals surface area contributed by atoms with Crippen molar-refractivity contribution in [1.82, 2.24) is 29.4 Å². The quantitative estimate of drug-likeness (QED) is 0.337. The van der Waals surface area contributed by atoms with E-state index in [4.69, 9.17) is 10.2 Å². The maximum Gasteiger partial charge on any atom is 0.341 e. The number of piperazine rings is 1. The largest absolute Gasteiger partial charge is 0.477 e. The van der Waals surface area contributed by atoms with E-state index in [0.29, 0.717) is 35.7 Å². The predicted octanol–water partition coefficient (Wildman–Crippen LogP) is 1.34. The molecule has 0 bridgehead atoms. The van der Waals surface area contributed by atoms with E-state index >= 15 is 0 Å². The molecule has 13 nitrogen and oxygen atoms in total. The lowest BCUT2D eigenvalue weighted by molar-refractivity contribution is 0.0684. The molecule has 3 N–H and O–H groups in total. The molecule has 0 unspecified atom stereocenters. The first-order valence-corrected chi connectivity index (χ1v) is 12.5. The zero-order chi connectivity index (χ0) is 28.3. The van der Waals surface area contributed by atoms with Crippen LogP contribution in [0.5, 0.6) is 0 Å². The molecule has 0 radical (unpaired) electrons. The number of nitrogens with zero attached hydrogens (tertiary/aromatic N) is 6. The third kappa shape index (κ3) is 5.48. The Hall–Kier alpha value is -4.65. The van der Waals surface area contributed by atoms with E-state index in [2.05, 4.69) is 20.3 Å². The van der Waals surface area contributed by atoms with Crippen molar-refractivity contribution in [2.75, 3.05) is 31.1 Å². The number of nitrogens with one attached hydrogen (secondary N) is 1. The second-order valence-electron chi connectivity index (χ2n) is 8.89. The molecule has 1 aliphatic rings. The number of aryl methyl sites for hydroxylation is 3. The lowest BCUT2D eigenvalue weighted by Gasteiger charge is -2.27. The minimum atomic E-state index is -1.24. The fraction of sp³-hybridized carbons (Fsp3) is 0.346. The Morgan fingerprint density at radius 2 is 1.41 bits per heavy atom. The average Bonchev–Trinajstić information content (AvgIpc) is 2.93. The van der Waals surface area contributed by atoms with E-state index in [0.717, 1.165) is 31.9 Å². The maximum atomic E-state index is 12.2. The molecule has 5 rings (SSSR count). The van der Waals surface area contributed by atoms with Gasteiger partial charge in [0.05, 0.1) is 10.8 Å². The van der Waals surface area contributed by atoms with Crippen molar-refractivity contribution in [1.29, 1.82) is 0 Å². The number of aromatic nitrogens is 5. The van der Waals surface area contributed by atoms with Gasteiger partial charge in [-0.05, 0) is 32.9 Å². The van der Waals surface area contributed by atoms with Crippen LogP contribution in [-0.2, 0) is 13.1 Å². The summed E-state index contributed by atoms with van der Waals surface area (Å²) in [5.41, 5.74) is 0.298. The highest BCUT2D eigenvalue weighted by molar-refractivity contribution is 5.92. The smallest absolute Gasteiger partial charge is 0.341 e. The highest BCUT2D eigenvalue weighted by Gasteiger charge is 2.19. The van der Waals surface area contributed by atoms with Gasteiger partial charge in [-0.25, -0.2) is 19.6 Å². The van der Waals surface area contributed by atoms with Gasteiger partial charge < -0.3 is 29.6 Å². The monoisotopic (exact) mass is 535 g/mol. The van der Waals surface area contributed by atoms with Crippen LogP contribution in [0.3, 0.4) is 0 Å². The summed E-state index contributed by atoms with van der Waals surface area (Å²) < 4.78 is 3.35. The van der Waals surface area contributed by atoms with Crippen molar-refractivity contribution < 1.29 is 19.8 Å². The Morgan fingerprint density at radius 3 is 1.95 bits per heavy atom. The van der Waals surface area contributed by atoms with Gasteiger partial charge in [0.15, 0.2) is 0 Å². The highest BCUT2D eigenvalue weighted by atomic mass is 16.4. The predicted molar refractivity (Wildman–Crippen MR) is 145 cm³/mol. The van der Waals surface area contributed by atoms with Gasteiger partial charge in [0.1, 0.15) is 22.4 Å². The lowest BCUT2D eigenvalue weighted by Crippen LogP contribution is -2.44. The van der Waals surface area contributed by atoms with Crippen molar-refractivity contribution in [3.63, 3.8) is 0 Å². The molecule has 0 spiro atoms. The third-order valence-corrected chi connectivity index (χ3v) is 6.40. The zero-order valence-electron chi connectivity index (χ0n) is 21.8. The van der Waals surface area contributed by atoms with Crippen molar-refractivity contribution in [2.45, 2.75) is 33.9 Å². The van der Waals surface area contributed by atoms with Crippen LogP contribution >= 0.6 is 0 Å². The summed E-state index contributed by atoms with van der Waals surface area (Å²) in [5, 5.41) is 21.9. The van der Waals surface area contributed by atoms with E-state index in [9.17, 15) is 19.2 Å². The molecule has 0 aliphatic carbocycles. The molecule has 5 heterocycles. The number of fused-ring (bicyclic) bond motifs is 2. The molecule has 1 aliphatic heterocycles. The summed E-state index contributed by atoms with van der Waals surface area (Å²) in [5.74, 6) is -1.88. The number of carboxylic acid groups (broad SMARTS) is 2. The Morgan fingerprint density at radius 1 is 0.872 bits per heavy atom. The molecule has 0 atom stereocenters. The van der Waals surface area contributed by atoms with E-state index in [1.54, 1.807) is 21.3 Å². The van der Waals surface area contributed by atoms with Crippen molar-refractivity contribution in [3.8, 4) is 0 Å². The van der Waals surface area contributed by atoms with Crippen molar-refractivity contribution in [2.24, 2.45) is 0 Å². The number of carbonyl (C=O) groups is 2.